The maximum absolute atomic E-state index is 13.3. The molecular formula is C15H20FNO2. The van der Waals surface area contributed by atoms with Crippen molar-refractivity contribution in [2.75, 3.05) is 19.7 Å². The van der Waals surface area contributed by atoms with Crippen molar-refractivity contribution < 1.29 is 13.9 Å². The smallest absolute Gasteiger partial charge is 0.225 e. The van der Waals surface area contributed by atoms with Gasteiger partial charge in [-0.05, 0) is 30.9 Å². The maximum atomic E-state index is 13.3. The van der Waals surface area contributed by atoms with Gasteiger partial charge in [-0.15, -0.1) is 0 Å². The lowest BCUT2D eigenvalue weighted by molar-refractivity contribution is -0.133. The Bertz CT molecular complexity index is 428. The van der Waals surface area contributed by atoms with Gasteiger partial charge in [-0.3, -0.25) is 4.79 Å². The van der Waals surface area contributed by atoms with E-state index in [1.54, 1.807) is 18.2 Å². The fraction of sp³-hybridized carbons (Fsp3) is 0.533. The van der Waals surface area contributed by atoms with Crippen LogP contribution in [-0.4, -0.2) is 30.5 Å². The van der Waals surface area contributed by atoms with Crippen molar-refractivity contribution in [3.05, 3.63) is 30.1 Å². The number of hydrogen-bond donors (Lipinski definition) is 0. The third-order valence-corrected chi connectivity index (χ3v) is 3.55. The summed E-state index contributed by atoms with van der Waals surface area (Å²) in [6, 6.07) is 6.25. The van der Waals surface area contributed by atoms with E-state index in [0.717, 1.165) is 25.9 Å². The van der Waals surface area contributed by atoms with Gasteiger partial charge in [-0.25, -0.2) is 4.39 Å². The summed E-state index contributed by atoms with van der Waals surface area (Å²) in [5, 5.41) is 0. The molecule has 1 fully saturated rings. The van der Waals surface area contributed by atoms with Gasteiger partial charge < -0.3 is 9.64 Å². The topological polar surface area (TPSA) is 29.5 Å². The molecule has 1 aromatic rings. The highest BCUT2D eigenvalue weighted by Gasteiger charge is 2.19. The lowest BCUT2D eigenvalue weighted by atomic mass is 9.99. The van der Waals surface area contributed by atoms with Crippen molar-refractivity contribution >= 4 is 5.91 Å². The molecule has 0 bridgehead atoms. The van der Waals surface area contributed by atoms with Crippen LogP contribution in [0.2, 0.25) is 0 Å². The summed E-state index contributed by atoms with van der Waals surface area (Å²) in [6.45, 7) is 4.11. The van der Waals surface area contributed by atoms with Crippen LogP contribution in [-0.2, 0) is 4.79 Å². The van der Waals surface area contributed by atoms with E-state index in [0.29, 0.717) is 12.3 Å². The average Bonchev–Trinajstić information content (AvgIpc) is 2.41. The number of amides is 1. The highest BCUT2D eigenvalue weighted by atomic mass is 19.1. The van der Waals surface area contributed by atoms with Gasteiger partial charge in [0.15, 0.2) is 11.6 Å². The minimum Gasteiger partial charge on any atom is -0.490 e. The largest absolute Gasteiger partial charge is 0.490 e. The van der Waals surface area contributed by atoms with Crippen LogP contribution in [0.5, 0.6) is 5.75 Å². The molecule has 1 aromatic carbocycles. The summed E-state index contributed by atoms with van der Waals surface area (Å²) in [5.41, 5.74) is 0. The van der Waals surface area contributed by atoms with Gasteiger partial charge in [0.05, 0.1) is 13.0 Å². The summed E-state index contributed by atoms with van der Waals surface area (Å²) >= 11 is 0. The number of ether oxygens (including phenoxy) is 1. The SMILES string of the molecule is CC1CCN(C(=O)CCOc2ccccc2F)CC1. The molecule has 2 rings (SSSR count). The molecule has 0 spiro atoms. The molecule has 1 heterocycles. The standard InChI is InChI=1S/C15H20FNO2/c1-12-6-9-17(10-7-12)15(18)8-11-19-14-5-3-2-4-13(14)16/h2-5,12H,6-11H2,1H3. The number of nitrogens with zero attached hydrogens (tertiary/aromatic N) is 1. The minimum atomic E-state index is -0.387. The van der Waals surface area contributed by atoms with E-state index in [1.165, 1.54) is 6.07 Å². The number of piperidine rings is 1. The van der Waals surface area contributed by atoms with Crippen LogP contribution >= 0.6 is 0 Å². The summed E-state index contributed by atoms with van der Waals surface area (Å²) < 4.78 is 18.6. The van der Waals surface area contributed by atoms with Gasteiger partial charge in [-0.2, -0.15) is 0 Å². The second-order valence-electron chi connectivity index (χ2n) is 5.09. The molecule has 0 unspecified atom stereocenters. The lowest BCUT2D eigenvalue weighted by Crippen LogP contribution is -2.38. The van der Waals surface area contributed by atoms with Gasteiger partial charge in [-0.1, -0.05) is 19.1 Å². The first-order valence-electron chi connectivity index (χ1n) is 6.82. The van der Waals surface area contributed by atoms with Crippen LogP contribution in [0.3, 0.4) is 0 Å². The highest BCUT2D eigenvalue weighted by Crippen LogP contribution is 2.18. The normalized spacial score (nSPS) is 16.4. The Morgan fingerprint density at radius 3 is 2.74 bits per heavy atom. The van der Waals surface area contributed by atoms with E-state index >= 15 is 0 Å². The van der Waals surface area contributed by atoms with Gasteiger partial charge >= 0.3 is 0 Å². The van der Waals surface area contributed by atoms with Crippen molar-refractivity contribution in [1.29, 1.82) is 0 Å². The molecule has 1 amide bonds. The van der Waals surface area contributed by atoms with Crippen LogP contribution < -0.4 is 4.74 Å². The van der Waals surface area contributed by atoms with Crippen LogP contribution in [0.25, 0.3) is 0 Å². The first-order valence-corrected chi connectivity index (χ1v) is 6.82. The Labute approximate surface area is 113 Å². The summed E-state index contributed by atoms with van der Waals surface area (Å²) in [7, 11) is 0. The van der Waals surface area contributed by atoms with Gasteiger partial charge in [0, 0.05) is 13.1 Å². The molecule has 0 aliphatic carbocycles. The van der Waals surface area contributed by atoms with Crippen molar-refractivity contribution in [1.82, 2.24) is 4.90 Å². The Balaban J connectivity index is 1.74. The molecule has 0 aromatic heterocycles. The number of likely N-dealkylation sites (tertiary alicyclic amines) is 1. The van der Waals surface area contributed by atoms with E-state index in [9.17, 15) is 9.18 Å². The van der Waals surface area contributed by atoms with E-state index < -0.39 is 0 Å². The zero-order chi connectivity index (χ0) is 13.7. The molecule has 104 valence electrons. The third kappa shape index (κ3) is 3.94. The molecule has 3 nitrogen and oxygen atoms in total. The number of hydrogen-bond acceptors (Lipinski definition) is 2. The zero-order valence-corrected chi connectivity index (χ0v) is 11.3. The Morgan fingerprint density at radius 2 is 2.05 bits per heavy atom. The molecule has 1 saturated heterocycles. The van der Waals surface area contributed by atoms with Crippen LogP contribution in [0, 0.1) is 11.7 Å². The molecular weight excluding hydrogens is 245 g/mol. The molecule has 1 aliphatic heterocycles. The quantitative estimate of drug-likeness (QED) is 0.837. The van der Waals surface area contributed by atoms with Crippen LogP contribution in [0.15, 0.2) is 24.3 Å². The van der Waals surface area contributed by atoms with Crippen molar-refractivity contribution in [2.24, 2.45) is 5.92 Å². The summed E-state index contributed by atoms with van der Waals surface area (Å²) in [6.07, 6.45) is 2.45. The first kappa shape index (κ1) is 13.8. The first-order chi connectivity index (χ1) is 9.16. The lowest BCUT2D eigenvalue weighted by Gasteiger charge is -2.30. The molecule has 0 N–H and O–H groups in total. The summed E-state index contributed by atoms with van der Waals surface area (Å²) in [4.78, 5) is 13.8. The van der Waals surface area contributed by atoms with Crippen molar-refractivity contribution in [3.8, 4) is 5.75 Å². The highest BCUT2D eigenvalue weighted by molar-refractivity contribution is 5.76. The van der Waals surface area contributed by atoms with Crippen molar-refractivity contribution in [2.45, 2.75) is 26.2 Å². The van der Waals surface area contributed by atoms with Crippen LogP contribution in [0.4, 0.5) is 4.39 Å². The Morgan fingerprint density at radius 1 is 1.37 bits per heavy atom. The van der Waals surface area contributed by atoms with E-state index in [1.807, 2.05) is 4.90 Å². The molecule has 0 atom stereocenters. The number of carbonyl (C=O) groups excluding carboxylic acids is 1. The number of carbonyl (C=O) groups is 1. The second kappa shape index (κ2) is 6.55. The average molecular weight is 265 g/mol. The van der Waals surface area contributed by atoms with Crippen molar-refractivity contribution in [3.63, 3.8) is 0 Å². The second-order valence-corrected chi connectivity index (χ2v) is 5.09. The van der Waals surface area contributed by atoms with Crippen LogP contribution in [0.1, 0.15) is 26.2 Å². The zero-order valence-electron chi connectivity index (χ0n) is 11.3. The van der Waals surface area contributed by atoms with Gasteiger partial charge in [0.25, 0.3) is 0 Å². The maximum Gasteiger partial charge on any atom is 0.225 e. The molecule has 0 saturated carbocycles. The van der Waals surface area contributed by atoms with E-state index in [2.05, 4.69) is 6.92 Å². The van der Waals surface area contributed by atoms with E-state index in [-0.39, 0.29) is 24.1 Å². The summed E-state index contributed by atoms with van der Waals surface area (Å²) in [5.74, 6) is 0.631. The number of benzene rings is 1. The fourth-order valence-electron chi connectivity index (χ4n) is 2.23. The minimum absolute atomic E-state index is 0.100. The fourth-order valence-corrected chi connectivity index (χ4v) is 2.23. The number of para-hydroxylation sites is 1. The molecule has 19 heavy (non-hydrogen) atoms. The number of rotatable bonds is 4. The van der Waals surface area contributed by atoms with Gasteiger partial charge in [0.1, 0.15) is 0 Å². The monoisotopic (exact) mass is 265 g/mol. The Kier molecular flexibility index (Phi) is 4.77. The van der Waals surface area contributed by atoms with Gasteiger partial charge in [0.2, 0.25) is 5.91 Å². The molecule has 0 radical (unpaired) electrons. The predicted molar refractivity (Wildman–Crippen MR) is 71.5 cm³/mol. The Hall–Kier alpha value is -1.58. The predicted octanol–water partition coefficient (Wildman–Crippen LogP) is 2.85. The third-order valence-electron chi connectivity index (χ3n) is 3.55. The molecule has 4 heteroatoms. The molecule has 1 aliphatic rings. The van der Waals surface area contributed by atoms with E-state index in [4.69, 9.17) is 4.74 Å². The number of halogens is 1.